The van der Waals surface area contributed by atoms with Gasteiger partial charge in [-0.2, -0.15) is 4.31 Å². The first-order valence-electron chi connectivity index (χ1n) is 8.86. The number of amides is 1. The van der Waals surface area contributed by atoms with Gasteiger partial charge in [-0.1, -0.05) is 55.5 Å². The van der Waals surface area contributed by atoms with Crippen molar-refractivity contribution in [2.24, 2.45) is 0 Å². The number of anilines is 1. The maximum Gasteiger partial charge on any atom is 0.257 e. The Morgan fingerprint density at radius 3 is 2.45 bits per heavy atom. The molecule has 0 aliphatic heterocycles. The van der Waals surface area contributed by atoms with Crippen LogP contribution >= 0.6 is 27.3 Å². The highest BCUT2D eigenvalue weighted by Crippen LogP contribution is 2.28. The minimum absolute atomic E-state index is 0.0519. The molecule has 2 aromatic carbocycles. The van der Waals surface area contributed by atoms with Gasteiger partial charge < -0.3 is 0 Å². The van der Waals surface area contributed by atoms with Gasteiger partial charge in [0.05, 0.1) is 4.90 Å². The van der Waals surface area contributed by atoms with Gasteiger partial charge in [-0.3, -0.25) is 10.1 Å². The molecule has 3 aromatic rings. The highest BCUT2D eigenvalue weighted by molar-refractivity contribution is 9.10. The molecular weight excluding hydrogens is 476 g/mol. The van der Waals surface area contributed by atoms with E-state index in [1.165, 1.54) is 21.7 Å². The van der Waals surface area contributed by atoms with E-state index < -0.39 is 15.9 Å². The average Bonchev–Trinajstić information content (AvgIpc) is 3.18. The predicted molar refractivity (Wildman–Crippen MR) is 118 cm³/mol. The first-order valence-corrected chi connectivity index (χ1v) is 11.9. The van der Waals surface area contributed by atoms with Crippen molar-refractivity contribution in [3.8, 4) is 10.6 Å². The van der Waals surface area contributed by atoms with Gasteiger partial charge in [0.1, 0.15) is 5.01 Å². The number of hydrogen-bond donors (Lipinski definition) is 1. The lowest BCUT2D eigenvalue weighted by Gasteiger charge is -2.19. The molecule has 1 amide bonds. The summed E-state index contributed by atoms with van der Waals surface area (Å²) in [5, 5.41) is 11.8. The maximum absolute atomic E-state index is 12.9. The van der Waals surface area contributed by atoms with Crippen LogP contribution in [0, 0.1) is 0 Å². The number of aromatic nitrogens is 2. The van der Waals surface area contributed by atoms with Gasteiger partial charge in [-0.05, 0) is 34.1 Å². The molecule has 1 N–H and O–H groups in total. The van der Waals surface area contributed by atoms with E-state index in [-0.39, 0.29) is 10.5 Å². The predicted octanol–water partition coefficient (Wildman–Crippen LogP) is 4.25. The molecule has 0 atom stereocenters. The summed E-state index contributed by atoms with van der Waals surface area (Å²) in [5.41, 5.74) is 1.12. The van der Waals surface area contributed by atoms with Crippen LogP contribution in [-0.4, -0.2) is 41.9 Å². The highest BCUT2D eigenvalue weighted by atomic mass is 79.9. The fourth-order valence-electron chi connectivity index (χ4n) is 2.69. The van der Waals surface area contributed by atoms with Crippen LogP contribution in [0.25, 0.3) is 10.6 Å². The van der Waals surface area contributed by atoms with Crippen LogP contribution in [0.3, 0.4) is 0 Å². The number of hydrogen-bond acceptors (Lipinski definition) is 6. The van der Waals surface area contributed by atoms with E-state index in [9.17, 15) is 13.2 Å². The first kappa shape index (κ1) is 21.6. The van der Waals surface area contributed by atoms with Gasteiger partial charge >= 0.3 is 0 Å². The molecule has 0 spiro atoms. The fourth-order valence-corrected chi connectivity index (χ4v) is 5.84. The third-order valence-corrected chi connectivity index (χ3v) is 8.11. The van der Waals surface area contributed by atoms with Crippen LogP contribution in [0.1, 0.15) is 24.2 Å². The van der Waals surface area contributed by atoms with Crippen molar-refractivity contribution in [2.75, 3.05) is 18.4 Å². The molecule has 10 heteroatoms. The molecule has 0 aliphatic carbocycles. The number of nitrogens with one attached hydrogen (secondary N) is 1. The van der Waals surface area contributed by atoms with Crippen LogP contribution < -0.4 is 5.32 Å². The van der Waals surface area contributed by atoms with E-state index in [4.69, 9.17) is 0 Å². The zero-order valence-electron chi connectivity index (χ0n) is 15.8. The molecule has 7 nitrogen and oxygen atoms in total. The standard InChI is InChI=1S/C19H19BrN4O3S2/c1-3-24(4-2)29(26,27)16-12-14(10-11-15(16)20)17(25)21-19-23-22-18(28-19)13-8-6-5-7-9-13/h5-12H,3-4H2,1-2H3,(H,21,23,25). The van der Waals surface area contributed by atoms with E-state index in [0.29, 0.717) is 27.7 Å². The number of benzene rings is 2. The number of carbonyl (C=O) groups is 1. The second-order valence-electron chi connectivity index (χ2n) is 5.97. The van der Waals surface area contributed by atoms with Gasteiger partial charge in [0.25, 0.3) is 5.91 Å². The Morgan fingerprint density at radius 1 is 1.10 bits per heavy atom. The van der Waals surface area contributed by atoms with Gasteiger partial charge in [0.2, 0.25) is 15.2 Å². The lowest BCUT2D eigenvalue weighted by molar-refractivity contribution is 0.102. The van der Waals surface area contributed by atoms with Crippen LogP contribution in [0.4, 0.5) is 5.13 Å². The van der Waals surface area contributed by atoms with E-state index in [2.05, 4.69) is 31.4 Å². The summed E-state index contributed by atoms with van der Waals surface area (Å²) in [4.78, 5) is 12.7. The van der Waals surface area contributed by atoms with Crippen molar-refractivity contribution < 1.29 is 13.2 Å². The summed E-state index contributed by atoms with van der Waals surface area (Å²) in [5.74, 6) is -0.454. The Balaban J connectivity index is 1.85. The molecule has 152 valence electrons. The Kier molecular flexibility index (Phi) is 6.78. The summed E-state index contributed by atoms with van der Waals surface area (Å²) in [6.07, 6.45) is 0. The highest BCUT2D eigenvalue weighted by Gasteiger charge is 2.25. The van der Waals surface area contributed by atoms with Crippen molar-refractivity contribution in [1.29, 1.82) is 0 Å². The molecule has 0 unspecified atom stereocenters. The molecule has 0 saturated heterocycles. The molecule has 0 aliphatic rings. The lowest BCUT2D eigenvalue weighted by atomic mass is 10.2. The van der Waals surface area contributed by atoms with E-state index in [1.54, 1.807) is 26.0 Å². The molecule has 1 heterocycles. The Hall–Kier alpha value is -2.14. The van der Waals surface area contributed by atoms with Crippen LogP contribution in [0.2, 0.25) is 0 Å². The molecule has 3 rings (SSSR count). The summed E-state index contributed by atoms with van der Waals surface area (Å²) >= 11 is 4.52. The quantitative estimate of drug-likeness (QED) is 0.529. The lowest BCUT2D eigenvalue weighted by Crippen LogP contribution is -2.31. The van der Waals surface area contributed by atoms with Gasteiger partial charge in [-0.15, -0.1) is 10.2 Å². The number of rotatable bonds is 7. The van der Waals surface area contributed by atoms with Crippen LogP contribution in [0.5, 0.6) is 0 Å². The summed E-state index contributed by atoms with van der Waals surface area (Å²) in [7, 11) is -3.71. The summed E-state index contributed by atoms with van der Waals surface area (Å²) < 4.78 is 27.4. The third-order valence-electron chi connectivity index (χ3n) is 4.18. The Bertz CT molecular complexity index is 1110. The fraction of sp³-hybridized carbons (Fsp3) is 0.211. The summed E-state index contributed by atoms with van der Waals surface area (Å²) in [6.45, 7) is 4.22. The van der Waals surface area contributed by atoms with Crippen molar-refractivity contribution >= 4 is 48.3 Å². The van der Waals surface area contributed by atoms with Crippen molar-refractivity contribution in [2.45, 2.75) is 18.7 Å². The van der Waals surface area contributed by atoms with E-state index in [1.807, 2.05) is 30.3 Å². The Labute approximate surface area is 182 Å². The molecule has 0 fully saturated rings. The molecule has 0 saturated carbocycles. The topological polar surface area (TPSA) is 92.3 Å². The second kappa shape index (κ2) is 9.12. The summed E-state index contributed by atoms with van der Waals surface area (Å²) in [6, 6.07) is 14.0. The van der Waals surface area contributed by atoms with Crippen LogP contribution in [-0.2, 0) is 10.0 Å². The molecular formula is C19H19BrN4O3S2. The number of halogens is 1. The van der Waals surface area contributed by atoms with Gasteiger partial charge in [-0.25, -0.2) is 8.42 Å². The monoisotopic (exact) mass is 494 g/mol. The Morgan fingerprint density at radius 2 is 1.79 bits per heavy atom. The largest absolute Gasteiger partial charge is 0.296 e. The molecule has 0 radical (unpaired) electrons. The van der Waals surface area contributed by atoms with E-state index in [0.717, 1.165) is 5.56 Å². The smallest absolute Gasteiger partial charge is 0.257 e. The normalized spacial score (nSPS) is 11.6. The zero-order valence-corrected chi connectivity index (χ0v) is 19.0. The van der Waals surface area contributed by atoms with E-state index >= 15 is 0 Å². The van der Waals surface area contributed by atoms with Gasteiger partial charge in [0, 0.05) is 28.7 Å². The minimum Gasteiger partial charge on any atom is -0.296 e. The number of sulfonamides is 1. The van der Waals surface area contributed by atoms with Crippen LogP contribution in [0.15, 0.2) is 57.9 Å². The number of carbonyl (C=O) groups excluding carboxylic acids is 1. The maximum atomic E-state index is 12.9. The molecule has 1 aromatic heterocycles. The van der Waals surface area contributed by atoms with Crippen molar-refractivity contribution in [3.05, 3.63) is 58.6 Å². The second-order valence-corrected chi connectivity index (χ2v) is 9.71. The average molecular weight is 495 g/mol. The molecule has 29 heavy (non-hydrogen) atoms. The minimum atomic E-state index is -3.71. The number of nitrogens with zero attached hydrogens (tertiary/aromatic N) is 3. The van der Waals surface area contributed by atoms with Crippen molar-refractivity contribution in [3.63, 3.8) is 0 Å². The zero-order chi connectivity index (χ0) is 21.0. The third kappa shape index (κ3) is 4.72. The van der Waals surface area contributed by atoms with Gasteiger partial charge in [0.15, 0.2) is 0 Å². The first-order chi connectivity index (χ1) is 13.9. The van der Waals surface area contributed by atoms with Crippen molar-refractivity contribution in [1.82, 2.24) is 14.5 Å². The SMILES string of the molecule is CCN(CC)S(=O)(=O)c1cc(C(=O)Nc2nnc(-c3ccccc3)s2)ccc1Br. The molecule has 0 bridgehead atoms.